The third kappa shape index (κ3) is 3.71. The molecule has 104 valence electrons. The number of anilines is 2. The topological polar surface area (TPSA) is 54.0 Å². The molecule has 4 nitrogen and oxygen atoms in total. The lowest BCUT2D eigenvalue weighted by molar-refractivity contribution is 0.102. The Morgan fingerprint density at radius 2 is 1.95 bits per heavy atom. The second-order valence-corrected chi connectivity index (χ2v) is 5.07. The molecule has 2 rings (SSSR count). The minimum atomic E-state index is -0.248. The first kappa shape index (κ1) is 14.3. The normalized spacial score (nSPS) is 10.4. The van der Waals surface area contributed by atoms with E-state index >= 15 is 0 Å². The molecule has 0 aliphatic carbocycles. The van der Waals surface area contributed by atoms with Gasteiger partial charge in [0.25, 0.3) is 5.91 Å². The number of rotatable bonds is 4. The highest BCUT2D eigenvalue weighted by molar-refractivity contribution is 6.34. The SMILES string of the molecule is CC(C)Nc1ccc(NC(=O)c2ccccc2Cl)cn1. The predicted octanol–water partition coefficient (Wildman–Crippen LogP) is 3.81. The number of hydrogen-bond acceptors (Lipinski definition) is 3. The van der Waals surface area contributed by atoms with Crippen molar-refractivity contribution in [1.82, 2.24) is 4.98 Å². The molecule has 2 N–H and O–H groups in total. The summed E-state index contributed by atoms with van der Waals surface area (Å²) in [6.45, 7) is 4.07. The zero-order valence-electron chi connectivity index (χ0n) is 11.4. The fraction of sp³-hybridized carbons (Fsp3) is 0.200. The second-order valence-electron chi connectivity index (χ2n) is 4.67. The quantitative estimate of drug-likeness (QED) is 0.900. The number of carbonyl (C=O) groups is 1. The second kappa shape index (κ2) is 6.39. The zero-order valence-corrected chi connectivity index (χ0v) is 12.1. The third-order valence-corrected chi connectivity index (χ3v) is 2.91. The minimum Gasteiger partial charge on any atom is -0.368 e. The first-order chi connectivity index (χ1) is 9.56. The summed E-state index contributed by atoms with van der Waals surface area (Å²) in [5.41, 5.74) is 1.07. The molecular formula is C15H16ClN3O. The van der Waals surface area contributed by atoms with E-state index in [-0.39, 0.29) is 5.91 Å². The van der Waals surface area contributed by atoms with E-state index in [9.17, 15) is 4.79 Å². The van der Waals surface area contributed by atoms with Crippen LogP contribution in [0, 0.1) is 0 Å². The van der Waals surface area contributed by atoms with E-state index in [1.165, 1.54) is 0 Å². The van der Waals surface area contributed by atoms with Crippen molar-refractivity contribution in [1.29, 1.82) is 0 Å². The van der Waals surface area contributed by atoms with E-state index in [1.807, 2.05) is 19.9 Å². The van der Waals surface area contributed by atoms with E-state index in [0.29, 0.717) is 22.3 Å². The van der Waals surface area contributed by atoms with Crippen LogP contribution in [0.1, 0.15) is 24.2 Å². The van der Waals surface area contributed by atoms with Crippen molar-refractivity contribution in [2.75, 3.05) is 10.6 Å². The van der Waals surface area contributed by atoms with Gasteiger partial charge in [-0.3, -0.25) is 4.79 Å². The van der Waals surface area contributed by atoms with Crippen molar-refractivity contribution in [3.63, 3.8) is 0 Å². The average molecular weight is 290 g/mol. The average Bonchev–Trinajstić information content (AvgIpc) is 2.41. The van der Waals surface area contributed by atoms with Crippen LogP contribution in [0.3, 0.4) is 0 Å². The molecule has 0 spiro atoms. The first-order valence-corrected chi connectivity index (χ1v) is 6.72. The van der Waals surface area contributed by atoms with Gasteiger partial charge in [0.05, 0.1) is 22.5 Å². The fourth-order valence-corrected chi connectivity index (χ4v) is 1.91. The van der Waals surface area contributed by atoms with Crippen LogP contribution in [-0.2, 0) is 0 Å². The Bertz CT molecular complexity index is 596. The molecule has 1 aromatic heterocycles. The monoisotopic (exact) mass is 289 g/mol. The molecule has 0 bridgehead atoms. The van der Waals surface area contributed by atoms with Crippen LogP contribution in [0.15, 0.2) is 42.6 Å². The van der Waals surface area contributed by atoms with Crippen LogP contribution in [0.5, 0.6) is 0 Å². The minimum absolute atomic E-state index is 0.248. The molecule has 0 unspecified atom stereocenters. The maximum absolute atomic E-state index is 12.1. The van der Waals surface area contributed by atoms with Gasteiger partial charge in [0.15, 0.2) is 0 Å². The molecule has 0 atom stereocenters. The highest BCUT2D eigenvalue weighted by atomic mass is 35.5. The fourth-order valence-electron chi connectivity index (χ4n) is 1.69. The lowest BCUT2D eigenvalue weighted by Gasteiger charge is -2.10. The number of halogens is 1. The summed E-state index contributed by atoms with van der Waals surface area (Å²) in [5, 5.41) is 6.37. The summed E-state index contributed by atoms with van der Waals surface area (Å²) in [6.07, 6.45) is 1.61. The van der Waals surface area contributed by atoms with Gasteiger partial charge in [-0.1, -0.05) is 23.7 Å². The number of pyridine rings is 1. The van der Waals surface area contributed by atoms with Crippen molar-refractivity contribution in [2.45, 2.75) is 19.9 Å². The van der Waals surface area contributed by atoms with Crippen molar-refractivity contribution >= 4 is 29.0 Å². The van der Waals surface area contributed by atoms with E-state index in [4.69, 9.17) is 11.6 Å². The van der Waals surface area contributed by atoms with E-state index < -0.39 is 0 Å². The van der Waals surface area contributed by atoms with E-state index in [2.05, 4.69) is 15.6 Å². The van der Waals surface area contributed by atoms with E-state index in [1.54, 1.807) is 36.5 Å². The van der Waals surface area contributed by atoms with Crippen LogP contribution >= 0.6 is 11.6 Å². The molecule has 5 heteroatoms. The highest BCUT2D eigenvalue weighted by Crippen LogP contribution is 2.17. The van der Waals surface area contributed by atoms with Crippen LogP contribution < -0.4 is 10.6 Å². The Kier molecular flexibility index (Phi) is 4.58. The van der Waals surface area contributed by atoms with Gasteiger partial charge in [-0.05, 0) is 38.1 Å². The molecule has 0 aliphatic heterocycles. The molecule has 0 saturated carbocycles. The summed E-state index contributed by atoms with van der Waals surface area (Å²) in [4.78, 5) is 16.3. The molecule has 20 heavy (non-hydrogen) atoms. The molecule has 1 heterocycles. The van der Waals surface area contributed by atoms with Crippen molar-refractivity contribution in [3.8, 4) is 0 Å². The Morgan fingerprint density at radius 1 is 1.20 bits per heavy atom. The number of benzene rings is 1. The predicted molar refractivity (Wildman–Crippen MR) is 82.4 cm³/mol. The van der Waals surface area contributed by atoms with Gasteiger partial charge in [0.1, 0.15) is 5.82 Å². The first-order valence-electron chi connectivity index (χ1n) is 6.34. The smallest absolute Gasteiger partial charge is 0.257 e. The number of aromatic nitrogens is 1. The van der Waals surface area contributed by atoms with Crippen LogP contribution in [0.25, 0.3) is 0 Å². The largest absolute Gasteiger partial charge is 0.368 e. The van der Waals surface area contributed by atoms with Gasteiger partial charge in [-0.15, -0.1) is 0 Å². The van der Waals surface area contributed by atoms with Gasteiger partial charge < -0.3 is 10.6 Å². The zero-order chi connectivity index (χ0) is 14.5. The molecule has 0 saturated heterocycles. The standard InChI is InChI=1S/C15H16ClN3O/c1-10(2)18-14-8-7-11(9-17-14)19-15(20)12-5-3-4-6-13(12)16/h3-10H,1-2H3,(H,17,18)(H,19,20). The highest BCUT2D eigenvalue weighted by Gasteiger charge is 2.09. The number of amides is 1. The van der Waals surface area contributed by atoms with Crippen molar-refractivity contribution in [3.05, 3.63) is 53.2 Å². The van der Waals surface area contributed by atoms with Crippen LogP contribution in [0.2, 0.25) is 5.02 Å². The summed E-state index contributed by atoms with van der Waals surface area (Å²) >= 11 is 5.98. The molecule has 1 aromatic carbocycles. The molecule has 0 aliphatic rings. The summed E-state index contributed by atoms with van der Waals surface area (Å²) in [6, 6.07) is 10.9. The summed E-state index contributed by atoms with van der Waals surface area (Å²) < 4.78 is 0. The molecular weight excluding hydrogens is 274 g/mol. The van der Waals surface area contributed by atoms with Crippen LogP contribution in [0.4, 0.5) is 11.5 Å². The number of nitrogens with zero attached hydrogens (tertiary/aromatic N) is 1. The number of nitrogens with one attached hydrogen (secondary N) is 2. The van der Waals surface area contributed by atoms with Gasteiger partial charge in [0, 0.05) is 6.04 Å². The maximum atomic E-state index is 12.1. The molecule has 2 aromatic rings. The van der Waals surface area contributed by atoms with Crippen molar-refractivity contribution < 1.29 is 4.79 Å². The Balaban J connectivity index is 2.07. The molecule has 0 fully saturated rings. The lowest BCUT2D eigenvalue weighted by atomic mass is 10.2. The number of hydrogen-bond donors (Lipinski definition) is 2. The summed E-state index contributed by atoms with van der Waals surface area (Å²) in [5.74, 6) is 0.526. The van der Waals surface area contributed by atoms with E-state index in [0.717, 1.165) is 5.82 Å². The Morgan fingerprint density at radius 3 is 2.55 bits per heavy atom. The Hall–Kier alpha value is -2.07. The van der Waals surface area contributed by atoms with Gasteiger partial charge in [-0.25, -0.2) is 4.98 Å². The lowest BCUT2D eigenvalue weighted by Crippen LogP contribution is -2.13. The van der Waals surface area contributed by atoms with Crippen molar-refractivity contribution in [2.24, 2.45) is 0 Å². The third-order valence-electron chi connectivity index (χ3n) is 2.58. The Labute approximate surface area is 123 Å². The van der Waals surface area contributed by atoms with Crippen LogP contribution in [-0.4, -0.2) is 16.9 Å². The van der Waals surface area contributed by atoms with Gasteiger partial charge in [0.2, 0.25) is 0 Å². The maximum Gasteiger partial charge on any atom is 0.257 e. The number of carbonyl (C=O) groups excluding carboxylic acids is 1. The molecule has 0 radical (unpaired) electrons. The molecule has 1 amide bonds. The van der Waals surface area contributed by atoms with Gasteiger partial charge >= 0.3 is 0 Å². The summed E-state index contributed by atoms with van der Waals surface area (Å²) in [7, 11) is 0. The van der Waals surface area contributed by atoms with Gasteiger partial charge in [-0.2, -0.15) is 0 Å².